The van der Waals surface area contributed by atoms with Crippen molar-refractivity contribution in [3.63, 3.8) is 0 Å². The Morgan fingerprint density at radius 3 is 2.44 bits per heavy atom. The predicted molar refractivity (Wildman–Crippen MR) is 103 cm³/mol. The van der Waals surface area contributed by atoms with Crippen LogP contribution in [0.5, 0.6) is 0 Å². The van der Waals surface area contributed by atoms with Gasteiger partial charge in [-0.1, -0.05) is 36.7 Å². The summed E-state index contributed by atoms with van der Waals surface area (Å²) in [5.41, 5.74) is 0.383. The molecule has 1 rings (SSSR count). The van der Waals surface area contributed by atoms with Crippen molar-refractivity contribution < 1.29 is 23.5 Å². The molecule has 1 aromatic carbocycles. The number of nitrogens with one attached hydrogen (secondary N) is 1. The van der Waals surface area contributed by atoms with Crippen molar-refractivity contribution in [3.05, 3.63) is 58.6 Å². The Labute approximate surface area is 168 Å². The number of allylic oxidation sites excluding steroid dienone is 3. The van der Waals surface area contributed by atoms with Gasteiger partial charge in [-0.3, -0.25) is 4.79 Å². The van der Waals surface area contributed by atoms with Crippen LogP contribution in [-0.2, 0) is 19.1 Å². The Kier molecular flexibility index (Phi) is 9.89. The van der Waals surface area contributed by atoms with Crippen molar-refractivity contribution in [2.75, 3.05) is 13.0 Å². The standard InChI is InChI=1S/C19H22Cl2FNO4/c1-4-15(21)16(6-5-11-20)27-12(2)18(24)23-17(19(25)26-3)13-7-9-14(22)10-8-13/h5-10,12,17H,4,11H2,1-3H3,(H,23,24)/b6-5-,16-15-. The monoisotopic (exact) mass is 417 g/mol. The van der Waals surface area contributed by atoms with Gasteiger partial charge < -0.3 is 14.8 Å². The number of carbonyl (C=O) groups excluding carboxylic acids is 2. The van der Waals surface area contributed by atoms with Crippen LogP contribution >= 0.6 is 23.2 Å². The minimum Gasteiger partial charge on any atom is -0.480 e. The number of hydrogen-bond acceptors (Lipinski definition) is 4. The van der Waals surface area contributed by atoms with E-state index in [-0.39, 0.29) is 5.88 Å². The number of hydrogen-bond donors (Lipinski definition) is 1. The average molecular weight is 418 g/mol. The molecule has 148 valence electrons. The molecule has 2 unspecified atom stereocenters. The molecule has 0 saturated heterocycles. The zero-order chi connectivity index (χ0) is 20.4. The summed E-state index contributed by atoms with van der Waals surface area (Å²) in [5.74, 6) is -1.13. The van der Waals surface area contributed by atoms with Crippen molar-refractivity contribution in [3.8, 4) is 0 Å². The molecule has 0 spiro atoms. The molecule has 0 saturated carbocycles. The molecule has 5 nitrogen and oxygen atoms in total. The van der Waals surface area contributed by atoms with Gasteiger partial charge in [-0.05, 0) is 37.1 Å². The van der Waals surface area contributed by atoms with E-state index in [0.29, 0.717) is 22.8 Å². The van der Waals surface area contributed by atoms with Crippen LogP contribution in [-0.4, -0.2) is 31.0 Å². The lowest BCUT2D eigenvalue weighted by Crippen LogP contribution is -2.40. The van der Waals surface area contributed by atoms with E-state index in [4.69, 9.17) is 32.7 Å². The summed E-state index contributed by atoms with van der Waals surface area (Å²) in [6.45, 7) is 3.36. The first-order chi connectivity index (χ1) is 12.8. The lowest BCUT2D eigenvalue weighted by molar-refractivity contribution is -0.146. The Hall–Kier alpha value is -2.05. The van der Waals surface area contributed by atoms with Crippen molar-refractivity contribution in [2.45, 2.75) is 32.4 Å². The topological polar surface area (TPSA) is 64.6 Å². The Bertz CT molecular complexity index is 704. The van der Waals surface area contributed by atoms with E-state index in [2.05, 4.69) is 5.32 Å². The summed E-state index contributed by atoms with van der Waals surface area (Å²) in [7, 11) is 1.20. The molecule has 0 aliphatic rings. The minimum atomic E-state index is -1.10. The third kappa shape index (κ3) is 7.23. The first kappa shape index (κ1) is 23.0. The quantitative estimate of drug-likeness (QED) is 0.282. The highest BCUT2D eigenvalue weighted by Crippen LogP contribution is 2.20. The molecule has 0 aromatic heterocycles. The fourth-order valence-corrected chi connectivity index (χ4v) is 2.27. The molecule has 0 fully saturated rings. The van der Waals surface area contributed by atoms with E-state index in [9.17, 15) is 14.0 Å². The number of carbonyl (C=O) groups is 2. The van der Waals surface area contributed by atoms with Crippen LogP contribution in [0.4, 0.5) is 4.39 Å². The van der Waals surface area contributed by atoms with Gasteiger partial charge >= 0.3 is 5.97 Å². The molecule has 27 heavy (non-hydrogen) atoms. The molecular formula is C19H22Cl2FNO4. The summed E-state index contributed by atoms with van der Waals surface area (Å²) >= 11 is 11.7. The largest absolute Gasteiger partial charge is 0.480 e. The van der Waals surface area contributed by atoms with Gasteiger partial charge in [0.2, 0.25) is 0 Å². The summed E-state index contributed by atoms with van der Waals surface area (Å²) < 4.78 is 23.5. The maximum absolute atomic E-state index is 13.1. The highest BCUT2D eigenvalue weighted by atomic mass is 35.5. The van der Waals surface area contributed by atoms with Crippen molar-refractivity contribution in [1.29, 1.82) is 0 Å². The van der Waals surface area contributed by atoms with Gasteiger partial charge in [-0.15, -0.1) is 11.6 Å². The van der Waals surface area contributed by atoms with E-state index in [0.717, 1.165) is 0 Å². The molecule has 1 N–H and O–H groups in total. The van der Waals surface area contributed by atoms with Gasteiger partial charge in [0.1, 0.15) is 11.6 Å². The first-order valence-corrected chi connectivity index (χ1v) is 9.16. The smallest absolute Gasteiger partial charge is 0.333 e. The van der Waals surface area contributed by atoms with E-state index in [1.165, 1.54) is 38.3 Å². The first-order valence-electron chi connectivity index (χ1n) is 8.25. The molecule has 0 bridgehead atoms. The van der Waals surface area contributed by atoms with Gasteiger partial charge in [0.25, 0.3) is 5.91 Å². The third-order valence-electron chi connectivity index (χ3n) is 3.54. The van der Waals surface area contributed by atoms with Crippen molar-refractivity contribution in [1.82, 2.24) is 5.32 Å². The molecule has 0 radical (unpaired) electrons. The zero-order valence-electron chi connectivity index (χ0n) is 15.3. The molecule has 0 heterocycles. The van der Waals surface area contributed by atoms with Gasteiger partial charge in [-0.2, -0.15) is 0 Å². The zero-order valence-corrected chi connectivity index (χ0v) is 16.8. The Morgan fingerprint density at radius 1 is 1.30 bits per heavy atom. The van der Waals surface area contributed by atoms with Gasteiger partial charge in [-0.25, -0.2) is 9.18 Å². The highest BCUT2D eigenvalue weighted by molar-refractivity contribution is 6.30. The summed E-state index contributed by atoms with van der Waals surface area (Å²) in [5, 5.41) is 2.97. The molecule has 2 atom stereocenters. The van der Waals surface area contributed by atoms with E-state index < -0.39 is 29.8 Å². The molecule has 1 aromatic rings. The predicted octanol–water partition coefficient (Wildman–Crippen LogP) is 4.22. The summed E-state index contributed by atoms with van der Waals surface area (Å²) in [6.07, 6.45) is 2.78. The lowest BCUT2D eigenvalue weighted by atomic mass is 10.1. The van der Waals surface area contributed by atoms with E-state index >= 15 is 0 Å². The van der Waals surface area contributed by atoms with Crippen LogP contribution in [0.15, 0.2) is 47.2 Å². The molecule has 0 aliphatic carbocycles. The van der Waals surface area contributed by atoms with Gasteiger partial charge in [0.15, 0.2) is 12.1 Å². The number of rotatable bonds is 9. The molecule has 8 heteroatoms. The molecular weight excluding hydrogens is 396 g/mol. The lowest BCUT2D eigenvalue weighted by Gasteiger charge is -2.21. The number of halogens is 3. The fourth-order valence-electron chi connectivity index (χ4n) is 2.07. The van der Waals surface area contributed by atoms with E-state index in [1.807, 2.05) is 6.92 Å². The number of ether oxygens (including phenoxy) is 2. The van der Waals surface area contributed by atoms with E-state index in [1.54, 1.807) is 12.2 Å². The average Bonchev–Trinajstić information content (AvgIpc) is 2.68. The van der Waals surface area contributed by atoms with Gasteiger partial charge in [0, 0.05) is 5.88 Å². The van der Waals surface area contributed by atoms with Crippen LogP contribution in [0, 0.1) is 5.82 Å². The number of benzene rings is 1. The van der Waals surface area contributed by atoms with Crippen molar-refractivity contribution >= 4 is 35.1 Å². The van der Waals surface area contributed by atoms with Crippen LogP contribution < -0.4 is 5.32 Å². The SMILES string of the molecule is CC/C(Cl)=C(\C=C/CCl)OC(C)C(=O)NC(C(=O)OC)c1ccc(F)cc1. The number of amides is 1. The van der Waals surface area contributed by atoms with Crippen molar-refractivity contribution in [2.24, 2.45) is 0 Å². The van der Waals surface area contributed by atoms with Crippen LogP contribution in [0.2, 0.25) is 0 Å². The molecule has 1 amide bonds. The van der Waals surface area contributed by atoms with Crippen LogP contribution in [0.25, 0.3) is 0 Å². The second-order valence-corrected chi connectivity index (χ2v) is 6.22. The normalized spacial score (nSPS) is 14.3. The number of alkyl halides is 1. The third-order valence-corrected chi connectivity index (χ3v) is 4.17. The number of esters is 1. The molecule has 0 aliphatic heterocycles. The minimum absolute atomic E-state index is 0.260. The van der Waals surface area contributed by atoms with Crippen LogP contribution in [0.1, 0.15) is 31.9 Å². The van der Waals surface area contributed by atoms with Gasteiger partial charge in [0.05, 0.1) is 12.1 Å². The fraction of sp³-hybridized carbons (Fsp3) is 0.368. The Balaban J connectivity index is 2.95. The number of methoxy groups -OCH3 is 1. The second-order valence-electron chi connectivity index (χ2n) is 5.46. The Morgan fingerprint density at radius 2 is 1.93 bits per heavy atom. The summed E-state index contributed by atoms with van der Waals surface area (Å²) in [4.78, 5) is 24.5. The maximum Gasteiger partial charge on any atom is 0.333 e. The second kappa shape index (κ2) is 11.6. The highest BCUT2D eigenvalue weighted by Gasteiger charge is 2.27. The summed E-state index contributed by atoms with van der Waals surface area (Å²) in [6, 6.07) is 4.07. The van der Waals surface area contributed by atoms with Crippen LogP contribution in [0.3, 0.4) is 0 Å². The maximum atomic E-state index is 13.1.